The topological polar surface area (TPSA) is 44.8 Å². The summed E-state index contributed by atoms with van der Waals surface area (Å²) >= 11 is 0. The molecule has 4 aliphatic carbocycles. The molecule has 6 rings (SSSR count). The van der Waals surface area contributed by atoms with Gasteiger partial charge in [0.1, 0.15) is 6.10 Å². The van der Waals surface area contributed by atoms with Gasteiger partial charge < -0.3 is 14.2 Å². The third-order valence-corrected chi connectivity index (χ3v) is 14.2. The van der Waals surface area contributed by atoms with Crippen LogP contribution in [0.2, 0.25) is 0 Å². The maximum Gasteiger partial charge on any atom is 0.306 e. The molecule has 12 atom stereocenters. The monoisotopic (exact) mass is 570 g/mol. The van der Waals surface area contributed by atoms with Gasteiger partial charge in [0, 0.05) is 18.8 Å². The van der Waals surface area contributed by atoms with Crippen LogP contribution in [0.4, 0.5) is 0 Å². The van der Waals surface area contributed by atoms with E-state index >= 15 is 0 Å². The van der Waals surface area contributed by atoms with Crippen molar-refractivity contribution in [2.75, 3.05) is 6.61 Å². The molecule has 0 aromatic heterocycles. The van der Waals surface area contributed by atoms with Crippen LogP contribution in [0.15, 0.2) is 0 Å². The number of carbonyl (C=O) groups excluding carboxylic acids is 1. The lowest BCUT2D eigenvalue weighted by molar-refractivity contribution is -0.273. The van der Waals surface area contributed by atoms with Gasteiger partial charge in [-0.2, -0.15) is 0 Å². The Morgan fingerprint density at radius 3 is 2.34 bits per heavy atom. The molecule has 0 aromatic carbocycles. The lowest BCUT2D eigenvalue weighted by Gasteiger charge is -2.61. The lowest BCUT2D eigenvalue weighted by atomic mass is 9.44. The van der Waals surface area contributed by atoms with E-state index in [0.29, 0.717) is 41.1 Å². The van der Waals surface area contributed by atoms with Crippen LogP contribution in [0.1, 0.15) is 150 Å². The van der Waals surface area contributed by atoms with E-state index in [1.807, 2.05) is 0 Å². The second kappa shape index (κ2) is 12.1. The Balaban J connectivity index is 1.03. The fourth-order valence-corrected chi connectivity index (χ4v) is 11.8. The number of carbonyl (C=O) groups is 1. The van der Waals surface area contributed by atoms with Gasteiger partial charge in [-0.05, 0) is 111 Å². The Labute approximate surface area is 251 Å². The van der Waals surface area contributed by atoms with Gasteiger partial charge in [0.15, 0.2) is 5.79 Å². The maximum atomic E-state index is 12.7. The highest BCUT2D eigenvalue weighted by Crippen LogP contribution is 2.71. The van der Waals surface area contributed by atoms with E-state index in [1.54, 1.807) is 0 Å². The molecule has 0 N–H and O–H groups in total. The Kier molecular flexibility index (Phi) is 8.94. The summed E-state index contributed by atoms with van der Waals surface area (Å²) in [6.45, 7) is 13.2. The summed E-state index contributed by atoms with van der Waals surface area (Å²) in [6.07, 6.45) is 22.3. The van der Waals surface area contributed by atoms with Crippen molar-refractivity contribution in [3.63, 3.8) is 0 Å². The van der Waals surface area contributed by atoms with Gasteiger partial charge in [-0.25, -0.2) is 0 Å². The van der Waals surface area contributed by atoms with Crippen molar-refractivity contribution in [3.8, 4) is 0 Å². The molecule has 2 saturated heterocycles. The van der Waals surface area contributed by atoms with E-state index in [-0.39, 0.29) is 17.9 Å². The van der Waals surface area contributed by atoms with Gasteiger partial charge in [0.05, 0.1) is 12.7 Å². The van der Waals surface area contributed by atoms with Crippen molar-refractivity contribution in [1.82, 2.24) is 0 Å². The maximum absolute atomic E-state index is 12.7. The summed E-state index contributed by atoms with van der Waals surface area (Å²) in [5.74, 6) is 4.77. The minimum absolute atomic E-state index is 0.0649. The summed E-state index contributed by atoms with van der Waals surface area (Å²) < 4.78 is 19.6. The second-order valence-electron chi connectivity index (χ2n) is 16.4. The van der Waals surface area contributed by atoms with Crippen LogP contribution in [0, 0.1) is 52.3 Å². The Morgan fingerprint density at radius 1 is 0.829 bits per heavy atom. The number of ether oxygens (including phenoxy) is 3. The molecule has 0 aromatic rings. The molecule has 6 fully saturated rings. The number of hydrogen-bond acceptors (Lipinski definition) is 4. The molecule has 0 radical (unpaired) electrons. The Bertz CT molecular complexity index is 909. The highest BCUT2D eigenvalue weighted by Gasteiger charge is 2.69. The average molecular weight is 571 g/mol. The van der Waals surface area contributed by atoms with Crippen molar-refractivity contribution in [3.05, 3.63) is 0 Å². The highest BCUT2D eigenvalue weighted by molar-refractivity contribution is 5.69. The van der Waals surface area contributed by atoms with Crippen LogP contribution >= 0.6 is 0 Å². The van der Waals surface area contributed by atoms with E-state index in [4.69, 9.17) is 14.2 Å². The average Bonchev–Trinajstić information content (AvgIpc) is 3.40. The first-order chi connectivity index (χ1) is 19.7. The zero-order chi connectivity index (χ0) is 28.8. The first-order valence-electron chi connectivity index (χ1n) is 18.2. The highest BCUT2D eigenvalue weighted by atomic mass is 16.7. The number of rotatable bonds is 9. The van der Waals surface area contributed by atoms with Gasteiger partial charge in [-0.1, -0.05) is 73.1 Å². The fourth-order valence-electron chi connectivity index (χ4n) is 11.8. The molecule has 4 saturated carbocycles. The van der Waals surface area contributed by atoms with Crippen LogP contribution in [-0.2, 0) is 19.0 Å². The largest absolute Gasteiger partial charge is 0.462 e. The molecule has 0 bridgehead atoms. The zero-order valence-electron chi connectivity index (χ0n) is 27.3. The van der Waals surface area contributed by atoms with Crippen molar-refractivity contribution in [2.45, 2.75) is 168 Å². The predicted octanol–water partition coefficient (Wildman–Crippen LogP) is 9.49. The standard InChI is InChI=1S/C37H62O4/c1-6-7-8-9-10-11-12-13-33(38)40-28-17-19-35(4)27(22-28)14-15-29-30(35)18-20-36(5)31(29)23-32-34(36)26(3)37(41-32)21-16-25(2)24-39-37/h25-32,34H,6-24H2,1-5H3. The van der Waals surface area contributed by atoms with Gasteiger partial charge in [-0.3, -0.25) is 4.79 Å². The van der Waals surface area contributed by atoms with Crippen LogP contribution < -0.4 is 0 Å². The lowest BCUT2D eigenvalue weighted by Crippen LogP contribution is -2.55. The summed E-state index contributed by atoms with van der Waals surface area (Å²) in [5, 5.41) is 0. The SMILES string of the molecule is CCCCCCCCCC(=O)OC1CCC2(C)C(CCC3C2CCC2(C)C3CC3OC4(CCC(C)CO4)C(C)C32)C1. The molecule has 2 heterocycles. The number of fused-ring (bicyclic) bond motifs is 7. The van der Waals surface area contributed by atoms with Crippen molar-refractivity contribution in [2.24, 2.45) is 52.3 Å². The van der Waals surface area contributed by atoms with E-state index in [2.05, 4.69) is 34.6 Å². The third-order valence-electron chi connectivity index (χ3n) is 14.2. The van der Waals surface area contributed by atoms with Gasteiger partial charge >= 0.3 is 5.97 Å². The molecular weight excluding hydrogens is 508 g/mol. The smallest absolute Gasteiger partial charge is 0.306 e. The number of unbranched alkanes of at least 4 members (excludes halogenated alkanes) is 6. The normalized spacial score (nSPS) is 48.8. The molecular formula is C37H62O4. The molecule has 234 valence electrons. The first-order valence-corrected chi connectivity index (χ1v) is 18.2. The van der Waals surface area contributed by atoms with Crippen LogP contribution in [0.5, 0.6) is 0 Å². The van der Waals surface area contributed by atoms with Crippen molar-refractivity contribution < 1.29 is 19.0 Å². The van der Waals surface area contributed by atoms with Crippen LogP contribution in [-0.4, -0.2) is 30.6 Å². The zero-order valence-corrected chi connectivity index (χ0v) is 27.3. The van der Waals surface area contributed by atoms with Gasteiger partial charge in [0.25, 0.3) is 0 Å². The van der Waals surface area contributed by atoms with E-state index in [1.165, 1.54) is 83.5 Å². The van der Waals surface area contributed by atoms with Crippen LogP contribution in [0.25, 0.3) is 0 Å². The van der Waals surface area contributed by atoms with Crippen molar-refractivity contribution >= 4 is 5.97 Å². The van der Waals surface area contributed by atoms with Crippen molar-refractivity contribution in [1.29, 1.82) is 0 Å². The van der Waals surface area contributed by atoms with E-state index in [9.17, 15) is 4.79 Å². The van der Waals surface area contributed by atoms with Crippen LogP contribution in [0.3, 0.4) is 0 Å². The molecule has 6 aliphatic rings. The molecule has 4 nitrogen and oxygen atoms in total. The van der Waals surface area contributed by atoms with Gasteiger partial charge in [0.2, 0.25) is 0 Å². The fraction of sp³-hybridized carbons (Fsp3) is 0.973. The summed E-state index contributed by atoms with van der Waals surface area (Å²) in [7, 11) is 0. The summed E-state index contributed by atoms with van der Waals surface area (Å²) in [4.78, 5) is 12.7. The number of hydrogen-bond donors (Lipinski definition) is 0. The molecule has 41 heavy (non-hydrogen) atoms. The van der Waals surface area contributed by atoms with Gasteiger partial charge in [-0.15, -0.1) is 0 Å². The molecule has 0 amide bonds. The summed E-state index contributed by atoms with van der Waals surface area (Å²) in [6, 6.07) is 0. The minimum Gasteiger partial charge on any atom is -0.462 e. The summed E-state index contributed by atoms with van der Waals surface area (Å²) in [5.41, 5.74) is 0.812. The first kappa shape index (κ1) is 30.4. The molecule has 1 spiro atoms. The third kappa shape index (κ3) is 5.46. The Morgan fingerprint density at radius 2 is 1.59 bits per heavy atom. The molecule has 12 unspecified atom stereocenters. The minimum atomic E-state index is -0.305. The molecule has 2 aliphatic heterocycles. The molecule has 4 heteroatoms. The van der Waals surface area contributed by atoms with E-state index < -0.39 is 0 Å². The van der Waals surface area contributed by atoms with E-state index in [0.717, 1.165) is 56.0 Å². The number of esters is 1. The quantitative estimate of drug-likeness (QED) is 0.205. The Hall–Kier alpha value is -0.610. The second-order valence-corrected chi connectivity index (χ2v) is 16.4. The predicted molar refractivity (Wildman–Crippen MR) is 164 cm³/mol.